The minimum atomic E-state index is -0.632. The van der Waals surface area contributed by atoms with Crippen molar-refractivity contribution in [3.8, 4) is 0 Å². The van der Waals surface area contributed by atoms with Crippen molar-refractivity contribution in [1.29, 1.82) is 0 Å². The van der Waals surface area contributed by atoms with E-state index in [0.29, 0.717) is 13.0 Å². The minimum absolute atomic E-state index is 0.0899. The maximum Gasteiger partial charge on any atom is 0.334 e. The lowest BCUT2D eigenvalue weighted by Crippen LogP contribution is -2.56. The lowest BCUT2D eigenvalue weighted by atomic mass is 10.1. The monoisotopic (exact) mass is 236 g/mol. The predicted octanol–water partition coefficient (Wildman–Crippen LogP) is 1.32. The molecule has 0 unspecified atom stereocenters. The van der Waals surface area contributed by atoms with E-state index in [9.17, 15) is 14.4 Å². The Morgan fingerprint density at radius 3 is 2.29 bits per heavy atom. The molecule has 0 aliphatic carbocycles. The molecule has 5 heteroatoms. The first-order valence-corrected chi connectivity index (χ1v) is 5.52. The SMILES string of the molecule is C=CCN1C(=O)C(=C)C(=O)N(CCCC)C1=O. The van der Waals surface area contributed by atoms with Gasteiger partial charge in [0.05, 0.1) is 5.57 Å². The molecule has 1 aliphatic heterocycles. The fraction of sp³-hybridized carbons (Fsp3) is 0.417. The summed E-state index contributed by atoms with van der Waals surface area (Å²) in [5.74, 6) is -1.22. The summed E-state index contributed by atoms with van der Waals surface area (Å²) >= 11 is 0. The Hall–Kier alpha value is -1.91. The van der Waals surface area contributed by atoms with E-state index < -0.39 is 17.8 Å². The van der Waals surface area contributed by atoms with Crippen LogP contribution in [-0.4, -0.2) is 40.7 Å². The molecule has 0 spiro atoms. The van der Waals surface area contributed by atoms with Crippen LogP contribution in [-0.2, 0) is 9.59 Å². The highest BCUT2D eigenvalue weighted by Gasteiger charge is 2.39. The number of carbonyl (C=O) groups is 3. The van der Waals surface area contributed by atoms with Gasteiger partial charge in [0.1, 0.15) is 0 Å². The van der Waals surface area contributed by atoms with Crippen LogP contribution >= 0.6 is 0 Å². The Morgan fingerprint density at radius 2 is 1.76 bits per heavy atom. The minimum Gasteiger partial charge on any atom is -0.268 e. The molecule has 4 amide bonds. The Bertz CT molecular complexity index is 387. The molecule has 0 aromatic rings. The molecule has 17 heavy (non-hydrogen) atoms. The molecular weight excluding hydrogens is 220 g/mol. The van der Waals surface area contributed by atoms with Crippen molar-refractivity contribution in [2.75, 3.05) is 13.1 Å². The third-order valence-electron chi connectivity index (χ3n) is 2.52. The average Bonchev–Trinajstić information content (AvgIpc) is 2.32. The first kappa shape index (κ1) is 13.2. The van der Waals surface area contributed by atoms with Crippen molar-refractivity contribution in [1.82, 2.24) is 9.80 Å². The Labute approximate surface area is 100 Å². The maximum absolute atomic E-state index is 11.9. The standard InChI is InChI=1S/C12H16N2O3/c1-4-6-8-14-11(16)9(3)10(15)13(7-5-2)12(14)17/h5H,2-4,6-8H2,1H3. The van der Waals surface area contributed by atoms with Crippen LogP contribution in [0.2, 0.25) is 0 Å². The number of nitrogens with zero attached hydrogens (tertiary/aromatic N) is 2. The first-order chi connectivity index (χ1) is 8.04. The molecule has 1 rings (SSSR count). The van der Waals surface area contributed by atoms with E-state index in [2.05, 4.69) is 13.2 Å². The topological polar surface area (TPSA) is 57.7 Å². The van der Waals surface area contributed by atoms with Gasteiger partial charge in [-0.25, -0.2) is 4.79 Å². The Balaban J connectivity index is 2.94. The number of unbranched alkanes of at least 4 members (excludes halogenated alkanes) is 1. The van der Waals surface area contributed by atoms with Crippen molar-refractivity contribution < 1.29 is 14.4 Å². The van der Waals surface area contributed by atoms with Gasteiger partial charge in [-0.2, -0.15) is 0 Å². The first-order valence-electron chi connectivity index (χ1n) is 5.52. The number of carbonyl (C=O) groups excluding carboxylic acids is 3. The highest BCUT2D eigenvalue weighted by Crippen LogP contribution is 2.16. The molecule has 0 radical (unpaired) electrons. The molecule has 5 nitrogen and oxygen atoms in total. The van der Waals surface area contributed by atoms with Crippen molar-refractivity contribution >= 4 is 17.8 Å². The van der Waals surface area contributed by atoms with Gasteiger partial charge in [-0.1, -0.05) is 26.0 Å². The highest BCUT2D eigenvalue weighted by atomic mass is 16.2. The third-order valence-corrected chi connectivity index (χ3v) is 2.52. The van der Waals surface area contributed by atoms with Crippen molar-refractivity contribution in [3.05, 3.63) is 24.8 Å². The van der Waals surface area contributed by atoms with E-state index in [1.54, 1.807) is 0 Å². The number of amides is 4. The molecule has 0 aromatic heterocycles. The zero-order valence-corrected chi connectivity index (χ0v) is 9.94. The number of rotatable bonds is 5. The summed E-state index contributed by atoms with van der Waals surface area (Å²) < 4.78 is 0. The molecule has 0 aromatic carbocycles. The quantitative estimate of drug-likeness (QED) is 0.411. The van der Waals surface area contributed by atoms with E-state index in [-0.39, 0.29) is 12.1 Å². The van der Waals surface area contributed by atoms with Crippen molar-refractivity contribution in [2.45, 2.75) is 19.8 Å². The predicted molar refractivity (Wildman–Crippen MR) is 63.1 cm³/mol. The van der Waals surface area contributed by atoms with Crippen LogP contribution in [0.1, 0.15) is 19.8 Å². The average molecular weight is 236 g/mol. The van der Waals surface area contributed by atoms with Crippen molar-refractivity contribution in [3.63, 3.8) is 0 Å². The second-order valence-corrected chi connectivity index (χ2v) is 3.78. The molecular formula is C12H16N2O3. The summed E-state index contributed by atoms with van der Waals surface area (Å²) in [6.45, 7) is 9.27. The van der Waals surface area contributed by atoms with E-state index in [1.165, 1.54) is 6.08 Å². The fourth-order valence-electron chi connectivity index (χ4n) is 1.54. The summed E-state index contributed by atoms with van der Waals surface area (Å²) in [4.78, 5) is 37.4. The zero-order valence-electron chi connectivity index (χ0n) is 9.94. The van der Waals surface area contributed by atoms with Gasteiger partial charge in [-0.05, 0) is 6.42 Å². The van der Waals surface area contributed by atoms with E-state index in [1.807, 2.05) is 6.92 Å². The third kappa shape index (κ3) is 2.43. The number of hydrogen-bond donors (Lipinski definition) is 0. The molecule has 1 fully saturated rings. The van der Waals surface area contributed by atoms with Gasteiger partial charge < -0.3 is 0 Å². The maximum atomic E-state index is 11.9. The summed E-state index contributed by atoms with van der Waals surface area (Å²) in [6.07, 6.45) is 3.01. The van der Waals surface area contributed by atoms with Crippen LogP contribution in [0.5, 0.6) is 0 Å². The fourth-order valence-corrected chi connectivity index (χ4v) is 1.54. The van der Waals surface area contributed by atoms with Gasteiger partial charge in [0.2, 0.25) is 0 Å². The zero-order chi connectivity index (χ0) is 13.0. The molecule has 0 atom stereocenters. The van der Waals surface area contributed by atoms with Crippen LogP contribution < -0.4 is 0 Å². The number of imide groups is 2. The van der Waals surface area contributed by atoms with Crippen LogP contribution in [0.15, 0.2) is 24.8 Å². The molecule has 0 bridgehead atoms. The summed E-state index contributed by atoms with van der Waals surface area (Å²) in [5.41, 5.74) is -0.164. The number of urea groups is 1. The van der Waals surface area contributed by atoms with Crippen molar-refractivity contribution in [2.24, 2.45) is 0 Å². The normalized spacial score (nSPS) is 16.8. The second kappa shape index (κ2) is 5.43. The van der Waals surface area contributed by atoms with Crippen LogP contribution in [0.4, 0.5) is 4.79 Å². The molecule has 92 valence electrons. The van der Waals surface area contributed by atoms with Gasteiger partial charge in [0.25, 0.3) is 11.8 Å². The second-order valence-electron chi connectivity index (χ2n) is 3.78. The van der Waals surface area contributed by atoms with Gasteiger partial charge >= 0.3 is 6.03 Å². The molecule has 1 saturated heterocycles. The lowest BCUT2D eigenvalue weighted by Gasteiger charge is -2.32. The summed E-state index contributed by atoms with van der Waals surface area (Å²) in [6, 6.07) is -0.583. The van der Waals surface area contributed by atoms with Gasteiger partial charge in [-0.15, -0.1) is 6.58 Å². The lowest BCUT2D eigenvalue weighted by molar-refractivity contribution is -0.135. The van der Waals surface area contributed by atoms with Crippen LogP contribution in [0.25, 0.3) is 0 Å². The summed E-state index contributed by atoms with van der Waals surface area (Å²) in [7, 11) is 0. The number of barbiturate groups is 1. The van der Waals surface area contributed by atoms with E-state index >= 15 is 0 Å². The van der Waals surface area contributed by atoms with Gasteiger partial charge in [-0.3, -0.25) is 19.4 Å². The molecule has 0 N–H and O–H groups in total. The smallest absolute Gasteiger partial charge is 0.268 e. The number of hydrogen-bond acceptors (Lipinski definition) is 3. The van der Waals surface area contributed by atoms with Crippen LogP contribution in [0, 0.1) is 0 Å². The molecule has 1 aliphatic rings. The molecule has 1 heterocycles. The largest absolute Gasteiger partial charge is 0.334 e. The van der Waals surface area contributed by atoms with Crippen LogP contribution in [0.3, 0.4) is 0 Å². The van der Waals surface area contributed by atoms with E-state index in [4.69, 9.17) is 0 Å². The van der Waals surface area contributed by atoms with E-state index in [0.717, 1.165) is 16.2 Å². The summed E-state index contributed by atoms with van der Waals surface area (Å²) in [5, 5.41) is 0. The molecule has 0 saturated carbocycles. The van der Waals surface area contributed by atoms with Gasteiger partial charge in [0.15, 0.2) is 0 Å². The van der Waals surface area contributed by atoms with Gasteiger partial charge in [0, 0.05) is 13.1 Å². The Morgan fingerprint density at radius 1 is 1.18 bits per heavy atom. The Kier molecular flexibility index (Phi) is 4.20. The highest BCUT2D eigenvalue weighted by molar-refractivity contribution is 6.28.